The van der Waals surface area contributed by atoms with Crippen LogP contribution in [-0.4, -0.2) is 8.07 Å². The highest BCUT2D eigenvalue weighted by molar-refractivity contribution is 6.84. The summed E-state index contributed by atoms with van der Waals surface area (Å²) in [7, 11) is -0.979. The molecule has 0 heterocycles. The molecule has 0 amide bonds. The van der Waals surface area contributed by atoms with Gasteiger partial charge in [0.15, 0.2) is 0 Å². The normalized spacial score (nSPS) is 12.5. The minimum atomic E-state index is -0.979. The molecule has 0 spiro atoms. The van der Waals surface area contributed by atoms with Crippen molar-refractivity contribution < 1.29 is 0 Å². The van der Waals surface area contributed by atoms with Crippen molar-refractivity contribution in [3.63, 3.8) is 0 Å². The third-order valence-corrected chi connectivity index (χ3v) is 9.48. The van der Waals surface area contributed by atoms with Crippen molar-refractivity contribution in [1.29, 1.82) is 0 Å². The first-order valence-electron chi connectivity index (χ1n) is 7.92. The van der Waals surface area contributed by atoms with Gasteiger partial charge >= 0.3 is 0 Å². The molecule has 0 nitrogen and oxygen atoms in total. The van der Waals surface area contributed by atoms with E-state index in [4.69, 9.17) is 0 Å². The molecule has 1 heteroatoms. The maximum absolute atomic E-state index is 2.64. The summed E-state index contributed by atoms with van der Waals surface area (Å²) in [5.41, 5.74) is 2.64. The number of hydrogen-bond donors (Lipinski definition) is 0. The molecular formula is C16H34Si. The Morgan fingerprint density at radius 3 is 1.76 bits per heavy atom. The van der Waals surface area contributed by atoms with Crippen LogP contribution in [0.2, 0.25) is 18.1 Å². The molecule has 0 saturated carbocycles. The van der Waals surface area contributed by atoms with Crippen LogP contribution in [-0.2, 0) is 0 Å². The molecule has 0 aliphatic carbocycles. The minimum Gasteiger partial charge on any atom is -0.0981 e. The van der Waals surface area contributed by atoms with Crippen molar-refractivity contribution in [1.82, 2.24) is 0 Å². The second kappa shape index (κ2) is 11.1. The van der Waals surface area contributed by atoms with Crippen LogP contribution < -0.4 is 0 Å². The summed E-state index contributed by atoms with van der Waals surface area (Å²) >= 11 is 0. The van der Waals surface area contributed by atoms with Crippen LogP contribution in [0.1, 0.15) is 72.6 Å². The summed E-state index contributed by atoms with van der Waals surface area (Å²) < 4.78 is 0. The van der Waals surface area contributed by atoms with E-state index in [1.807, 2.05) is 0 Å². The summed E-state index contributed by atoms with van der Waals surface area (Å²) in [6.07, 6.45) is 12.3. The van der Waals surface area contributed by atoms with Crippen LogP contribution in [0.15, 0.2) is 11.8 Å². The Hall–Kier alpha value is -0.0431. The van der Waals surface area contributed by atoms with E-state index in [0.717, 1.165) is 0 Å². The molecule has 0 aromatic carbocycles. The van der Waals surface area contributed by atoms with Gasteiger partial charge in [0.25, 0.3) is 0 Å². The van der Waals surface area contributed by atoms with Crippen molar-refractivity contribution in [2.45, 2.75) is 90.8 Å². The van der Waals surface area contributed by atoms with E-state index < -0.39 is 8.07 Å². The summed E-state index contributed by atoms with van der Waals surface area (Å²) in [5.74, 6) is 0. The lowest BCUT2D eigenvalue weighted by atomic mass is 10.1. The molecule has 0 saturated heterocycles. The SMILES string of the molecule is CCCCCCCC/C=C\[Si](CC)(CC)CC. The van der Waals surface area contributed by atoms with E-state index in [9.17, 15) is 0 Å². The van der Waals surface area contributed by atoms with E-state index in [-0.39, 0.29) is 0 Å². The van der Waals surface area contributed by atoms with Crippen LogP contribution in [0.5, 0.6) is 0 Å². The zero-order valence-corrected chi connectivity index (χ0v) is 13.7. The molecule has 0 rings (SSSR count). The molecule has 0 fully saturated rings. The lowest BCUT2D eigenvalue weighted by Crippen LogP contribution is -2.28. The number of unbranched alkanes of at least 4 members (excludes halogenated alkanes) is 6. The van der Waals surface area contributed by atoms with Crippen LogP contribution in [0.4, 0.5) is 0 Å². The second-order valence-electron chi connectivity index (χ2n) is 5.38. The fourth-order valence-electron chi connectivity index (χ4n) is 2.48. The Morgan fingerprint density at radius 1 is 0.706 bits per heavy atom. The molecule has 0 aliphatic rings. The van der Waals surface area contributed by atoms with Crippen LogP contribution in [0, 0.1) is 0 Å². The van der Waals surface area contributed by atoms with Gasteiger partial charge in [-0.25, -0.2) is 0 Å². The number of hydrogen-bond acceptors (Lipinski definition) is 0. The second-order valence-corrected chi connectivity index (χ2v) is 10.6. The fraction of sp³-hybridized carbons (Fsp3) is 0.875. The average molecular weight is 255 g/mol. The van der Waals surface area contributed by atoms with Gasteiger partial charge < -0.3 is 0 Å². The van der Waals surface area contributed by atoms with E-state index in [1.165, 1.54) is 63.1 Å². The van der Waals surface area contributed by atoms with Gasteiger partial charge in [0.1, 0.15) is 0 Å². The lowest BCUT2D eigenvalue weighted by molar-refractivity contribution is 0.611. The highest BCUT2D eigenvalue weighted by atomic mass is 28.3. The first kappa shape index (κ1) is 17.0. The first-order chi connectivity index (χ1) is 8.24. The van der Waals surface area contributed by atoms with Gasteiger partial charge in [0.05, 0.1) is 8.07 Å². The fourth-order valence-corrected chi connectivity index (χ4v) is 5.35. The van der Waals surface area contributed by atoms with Gasteiger partial charge in [-0.05, 0) is 12.8 Å². The smallest absolute Gasteiger partial charge is 0.0766 e. The lowest BCUT2D eigenvalue weighted by Gasteiger charge is -2.23. The third kappa shape index (κ3) is 7.80. The maximum Gasteiger partial charge on any atom is 0.0766 e. The van der Waals surface area contributed by atoms with Crippen LogP contribution >= 0.6 is 0 Å². The molecule has 102 valence electrons. The Bertz CT molecular complexity index is 172. The summed E-state index contributed by atoms with van der Waals surface area (Å²) in [4.78, 5) is 0. The van der Waals surface area contributed by atoms with Crippen molar-refractivity contribution in [3.8, 4) is 0 Å². The molecule has 0 aromatic heterocycles. The van der Waals surface area contributed by atoms with E-state index in [2.05, 4.69) is 39.5 Å². The highest BCUT2D eigenvalue weighted by Gasteiger charge is 2.22. The largest absolute Gasteiger partial charge is 0.0981 e. The number of allylic oxidation sites excluding steroid dienone is 1. The van der Waals surface area contributed by atoms with Gasteiger partial charge in [0.2, 0.25) is 0 Å². The molecule has 0 bridgehead atoms. The minimum absolute atomic E-state index is 0.979. The topological polar surface area (TPSA) is 0 Å². The zero-order chi connectivity index (χ0) is 13.0. The monoisotopic (exact) mass is 254 g/mol. The molecule has 17 heavy (non-hydrogen) atoms. The predicted octanol–water partition coefficient (Wildman–Crippen LogP) is 6.34. The first-order valence-corrected chi connectivity index (χ1v) is 10.6. The van der Waals surface area contributed by atoms with Gasteiger partial charge in [-0.15, -0.1) is 0 Å². The molecule has 0 radical (unpaired) electrons. The molecular weight excluding hydrogens is 220 g/mol. The molecule has 0 aromatic rings. The summed E-state index contributed by atoms with van der Waals surface area (Å²) in [5, 5.41) is 0. The Morgan fingerprint density at radius 2 is 1.24 bits per heavy atom. The van der Waals surface area contributed by atoms with Crippen LogP contribution in [0.25, 0.3) is 0 Å². The molecule has 0 atom stereocenters. The quantitative estimate of drug-likeness (QED) is 0.298. The van der Waals surface area contributed by atoms with Crippen molar-refractivity contribution in [2.24, 2.45) is 0 Å². The molecule has 0 unspecified atom stereocenters. The highest BCUT2D eigenvalue weighted by Crippen LogP contribution is 2.22. The van der Waals surface area contributed by atoms with Crippen molar-refractivity contribution in [3.05, 3.63) is 11.8 Å². The summed E-state index contributed by atoms with van der Waals surface area (Å²) in [6.45, 7) is 9.43. The predicted molar refractivity (Wildman–Crippen MR) is 84.3 cm³/mol. The average Bonchev–Trinajstić information content (AvgIpc) is 2.38. The Balaban J connectivity index is 3.64. The van der Waals surface area contributed by atoms with Gasteiger partial charge in [-0.2, -0.15) is 0 Å². The Labute approximate surface area is 111 Å². The van der Waals surface area contributed by atoms with Gasteiger partial charge in [-0.3, -0.25) is 0 Å². The number of rotatable bonds is 11. The maximum atomic E-state index is 2.64. The van der Waals surface area contributed by atoms with Crippen molar-refractivity contribution in [2.75, 3.05) is 0 Å². The van der Waals surface area contributed by atoms with E-state index in [0.29, 0.717) is 0 Å². The standard InChI is InChI=1S/C16H34Si/c1-5-9-10-11-12-13-14-15-16-17(6-2,7-3)8-4/h15-16H,5-14H2,1-4H3/b16-15-. The van der Waals surface area contributed by atoms with Gasteiger partial charge in [-0.1, -0.05) is 89.7 Å². The van der Waals surface area contributed by atoms with Crippen LogP contribution in [0.3, 0.4) is 0 Å². The van der Waals surface area contributed by atoms with E-state index >= 15 is 0 Å². The third-order valence-electron chi connectivity index (χ3n) is 4.31. The van der Waals surface area contributed by atoms with E-state index in [1.54, 1.807) is 0 Å². The summed E-state index contributed by atoms with van der Waals surface area (Å²) in [6, 6.07) is 4.27. The molecule has 0 aliphatic heterocycles. The Kier molecular flexibility index (Phi) is 11.0. The molecule has 0 N–H and O–H groups in total. The van der Waals surface area contributed by atoms with Gasteiger partial charge in [0, 0.05) is 0 Å². The zero-order valence-electron chi connectivity index (χ0n) is 12.7. The van der Waals surface area contributed by atoms with Crippen molar-refractivity contribution >= 4 is 8.07 Å².